The van der Waals surface area contributed by atoms with E-state index in [0.29, 0.717) is 29.3 Å². The number of anilines is 1. The standard InChI is InChI=1S/C18H23FN4O/c1-5-12(3)21-18(24)15-11-20-16(22-17(15)23(4)6-2)13-7-9-14(19)10-8-13/h7-12H,5-6H2,1-4H3,(H,21,24)/t12-/m1/s1. The van der Waals surface area contributed by atoms with E-state index in [-0.39, 0.29) is 17.8 Å². The summed E-state index contributed by atoms with van der Waals surface area (Å²) in [5.41, 5.74) is 1.14. The monoisotopic (exact) mass is 330 g/mol. The molecule has 5 nitrogen and oxygen atoms in total. The maximum absolute atomic E-state index is 13.1. The van der Waals surface area contributed by atoms with Gasteiger partial charge >= 0.3 is 0 Å². The van der Waals surface area contributed by atoms with Gasteiger partial charge in [0.25, 0.3) is 5.91 Å². The molecule has 0 aliphatic carbocycles. The quantitative estimate of drug-likeness (QED) is 0.883. The number of carbonyl (C=O) groups is 1. The van der Waals surface area contributed by atoms with Gasteiger partial charge in [-0.25, -0.2) is 14.4 Å². The molecule has 1 heterocycles. The second-order valence-corrected chi connectivity index (χ2v) is 5.73. The zero-order valence-electron chi connectivity index (χ0n) is 14.5. The summed E-state index contributed by atoms with van der Waals surface area (Å²) in [7, 11) is 1.87. The van der Waals surface area contributed by atoms with Crippen molar-refractivity contribution in [2.75, 3.05) is 18.5 Å². The molecular weight excluding hydrogens is 307 g/mol. The van der Waals surface area contributed by atoms with Crippen molar-refractivity contribution in [3.8, 4) is 11.4 Å². The van der Waals surface area contributed by atoms with E-state index >= 15 is 0 Å². The molecule has 2 rings (SSSR count). The van der Waals surface area contributed by atoms with Crippen molar-refractivity contribution < 1.29 is 9.18 Å². The van der Waals surface area contributed by atoms with Gasteiger partial charge in [-0.15, -0.1) is 0 Å². The fourth-order valence-corrected chi connectivity index (χ4v) is 2.12. The summed E-state index contributed by atoms with van der Waals surface area (Å²) >= 11 is 0. The highest BCUT2D eigenvalue weighted by Crippen LogP contribution is 2.22. The van der Waals surface area contributed by atoms with E-state index in [1.54, 1.807) is 12.1 Å². The van der Waals surface area contributed by atoms with Crippen molar-refractivity contribution in [1.82, 2.24) is 15.3 Å². The zero-order chi connectivity index (χ0) is 17.7. The van der Waals surface area contributed by atoms with Crippen LogP contribution in [0.3, 0.4) is 0 Å². The third kappa shape index (κ3) is 4.07. The van der Waals surface area contributed by atoms with E-state index < -0.39 is 0 Å². The number of halogens is 1. The predicted molar refractivity (Wildman–Crippen MR) is 93.6 cm³/mol. The van der Waals surface area contributed by atoms with E-state index in [4.69, 9.17) is 0 Å². The highest BCUT2D eigenvalue weighted by molar-refractivity contribution is 5.99. The number of benzene rings is 1. The molecule has 0 fully saturated rings. The molecule has 0 bridgehead atoms. The summed E-state index contributed by atoms with van der Waals surface area (Å²) in [5.74, 6) is 0.525. The lowest BCUT2D eigenvalue weighted by Gasteiger charge is -2.20. The van der Waals surface area contributed by atoms with Crippen molar-refractivity contribution in [3.63, 3.8) is 0 Å². The second kappa shape index (κ2) is 7.86. The Morgan fingerprint density at radius 3 is 2.54 bits per heavy atom. The highest BCUT2D eigenvalue weighted by atomic mass is 19.1. The molecule has 1 amide bonds. The van der Waals surface area contributed by atoms with E-state index in [1.807, 2.05) is 32.7 Å². The van der Waals surface area contributed by atoms with Crippen molar-refractivity contribution in [2.24, 2.45) is 0 Å². The van der Waals surface area contributed by atoms with Crippen LogP contribution in [0.2, 0.25) is 0 Å². The lowest BCUT2D eigenvalue weighted by Crippen LogP contribution is -2.34. The van der Waals surface area contributed by atoms with Gasteiger partial charge in [-0.3, -0.25) is 4.79 Å². The van der Waals surface area contributed by atoms with Crippen LogP contribution in [0.4, 0.5) is 10.2 Å². The normalized spacial score (nSPS) is 11.9. The molecule has 0 aliphatic rings. The van der Waals surface area contributed by atoms with Crippen LogP contribution in [0.5, 0.6) is 0 Å². The average molecular weight is 330 g/mol. The Kier molecular flexibility index (Phi) is 5.84. The Bertz CT molecular complexity index is 703. The number of aromatic nitrogens is 2. The van der Waals surface area contributed by atoms with Crippen LogP contribution in [0, 0.1) is 5.82 Å². The maximum atomic E-state index is 13.1. The third-order valence-electron chi connectivity index (χ3n) is 3.94. The first kappa shape index (κ1) is 17.8. The van der Waals surface area contributed by atoms with Gasteiger partial charge < -0.3 is 10.2 Å². The fourth-order valence-electron chi connectivity index (χ4n) is 2.12. The Morgan fingerprint density at radius 1 is 1.29 bits per heavy atom. The largest absolute Gasteiger partial charge is 0.359 e. The molecule has 0 spiro atoms. The van der Waals surface area contributed by atoms with Gasteiger partial charge in [0.05, 0.1) is 0 Å². The summed E-state index contributed by atoms with van der Waals surface area (Å²) < 4.78 is 13.1. The van der Waals surface area contributed by atoms with Crippen LogP contribution in [0.15, 0.2) is 30.5 Å². The number of rotatable bonds is 6. The smallest absolute Gasteiger partial charge is 0.256 e. The molecule has 1 aromatic heterocycles. The minimum atomic E-state index is -0.311. The highest BCUT2D eigenvalue weighted by Gasteiger charge is 2.19. The van der Waals surface area contributed by atoms with E-state index in [2.05, 4.69) is 15.3 Å². The summed E-state index contributed by atoms with van der Waals surface area (Å²) in [4.78, 5) is 23.2. The SMILES string of the molecule is CC[C@@H](C)NC(=O)c1cnc(-c2ccc(F)cc2)nc1N(C)CC. The van der Waals surface area contributed by atoms with Gasteiger partial charge in [0, 0.05) is 31.4 Å². The van der Waals surface area contributed by atoms with Gasteiger partial charge in [0.1, 0.15) is 17.2 Å². The predicted octanol–water partition coefficient (Wildman–Crippen LogP) is 3.27. The lowest BCUT2D eigenvalue weighted by atomic mass is 10.2. The van der Waals surface area contributed by atoms with Crippen molar-refractivity contribution >= 4 is 11.7 Å². The van der Waals surface area contributed by atoms with Crippen LogP contribution in [-0.2, 0) is 0 Å². The van der Waals surface area contributed by atoms with Crippen LogP contribution in [0.25, 0.3) is 11.4 Å². The molecule has 1 N–H and O–H groups in total. The van der Waals surface area contributed by atoms with Gasteiger partial charge in [-0.2, -0.15) is 0 Å². The minimum absolute atomic E-state index is 0.0778. The topological polar surface area (TPSA) is 58.1 Å². The van der Waals surface area contributed by atoms with E-state index in [1.165, 1.54) is 18.3 Å². The zero-order valence-corrected chi connectivity index (χ0v) is 14.5. The minimum Gasteiger partial charge on any atom is -0.359 e. The first-order valence-corrected chi connectivity index (χ1v) is 8.11. The molecular formula is C18H23FN4O. The van der Waals surface area contributed by atoms with Gasteiger partial charge in [-0.05, 0) is 44.5 Å². The number of nitrogens with one attached hydrogen (secondary N) is 1. The number of amides is 1. The molecule has 0 saturated carbocycles. The Labute approximate surface area is 141 Å². The maximum Gasteiger partial charge on any atom is 0.256 e. The van der Waals surface area contributed by atoms with E-state index in [9.17, 15) is 9.18 Å². The summed E-state index contributed by atoms with van der Waals surface area (Å²) in [6, 6.07) is 6.06. The van der Waals surface area contributed by atoms with Crippen LogP contribution in [-0.4, -0.2) is 35.5 Å². The van der Waals surface area contributed by atoms with E-state index in [0.717, 1.165) is 6.42 Å². The molecule has 0 aliphatic heterocycles. The van der Waals surface area contributed by atoms with Gasteiger partial charge in [0.2, 0.25) is 0 Å². The average Bonchev–Trinajstić information content (AvgIpc) is 2.60. The Balaban J connectivity index is 2.42. The van der Waals surface area contributed by atoms with Crippen LogP contribution < -0.4 is 10.2 Å². The van der Waals surface area contributed by atoms with Crippen LogP contribution >= 0.6 is 0 Å². The fraction of sp³-hybridized carbons (Fsp3) is 0.389. The molecule has 6 heteroatoms. The molecule has 24 heavy (non-hydrogen) atoms. The van der Waals surface area contributed by atoms with Crippen molar-refractivity contribution in [1.29, 1.82) is 0 Å². The van der Waals surface area contributed by atoms with Crippen molar-refractivity contribution in [2.45, 2.75) is 33.2 Å². The van der Waals surface area contributed by atoms with Crippen LogP contribution in [0.1, 0.15) is 37.6 Å². The lowest BCUT2D eigenvalue weighted by molar-refractivity contribution is 0.0939. The molecule has 0 unspecified atom stereocenters. The molecule has 1 aromatic carbocycles. The summed E-state index contributed by atoms with van der Waals surface area (Å²) in [5, 5.41) is 2.94. The first-order chi connectivity index (χ1) is 11.5. The summed E-state index contributed by atoms with van der Waals surface area (Å²) in [6.45, 7) is 6.65. The molecule has 0 saturated heterocycles. The Hall–Kier alpha value is -2.50. The molecule has 128 valence electrons. The summed E-state index contributed by atoms with van der Waals surface area (Å²) in [6.07, 6.45) is 2.38. The second-order valence-electron chi connectivity index (χ2n) is 5.73. The first-order valence-electron chi connectivity index (χ1n) is 8.11. The number of hydrogen-bond acceptors (Lipinski definition) is 4. The van der Waals surface area contributed by atoms with Gasteiger partial charge in [-0.1, -0.05) is 6.92 Å². The number of nitrogens with zero attached hydrogens (tertiary/aromatic N) is 3. The van der Waals surface area contributed by atoms with Gasteiger partial charge in [0.15, 0.2) is 5.82 Å². The molecule has 1 atom stereocenters. The molecule has 0 radical (unpaired) electrons. The Morgan fingerprint density at radius 2 is 1.96 bits per heavy atom. The number of hydrogen-bond donors (Lipinski definition) is 1. The molecule has 2 aromatic rings. The number of carbonyl (C=O) groups excluding carboxylic acids is 1. The van der Waals surface area contributed by atoms with Crippen molar-refractivity contribution in [3.05, 3.63) is 41.8 Å². The third-order valence-corrected chi connectivity index (χ3v) is 3.94.